The molecule has 1 rings (SSSR count). The summed E-state index contributed by atoms with van der Waals surface area (Å²) in [4.78, 5) is 2.14. The van der Waals surface area contributed by atoms with E-state index in [0.717, 1.165) is 25.9 Å². The molecule has 0 aliphatic carbocycles. The van der Waals surface area contributed by atoms with Crippen LogP contribution in [0.4, 0.5) is 0 Å². The molecule has 3 heteroatoms. The van der Waals surface area contributed by atoms with Gasteiger partial charge in [0.1, 0.15) is 0 Å². The van der Waals surface area contributed by atoms with Gasteiger partial charge in [-0.3, -0.25) is 4.90 Å². The zero-order chi connectivity index (χ0) is 8.10. The highest BCUT2D eigenvalue weighted by molar-refractivity contribution is 4.82. The molecule has 3 nitrogen and oxygen atoms in total. The van der Waals surface area contributed by atoms with Crippen molar-refractivity contribution in [2.45, 2.75) is 12.8 Å². The fourth-order valence-corrected chi connectivity index (χ4v) is 1.57. The Hall–Kier alpha value is -0.590. The lowest BCUT2D eigenvalue weighted by molar-refractivity contribution is 0.254. The van der Waals surface area contributed by atoms with Crippen LogP contribution in [-0.2, 0) is 0 Å². The van der Waals surface area contributed by atoms with Gasteiger partial charge in [0.15, 0.2) is 0 Å². The van der Waals surface area contributed by atoms with Crippen LogP contribution in [0.3, 0.4) is 0 Å². The largest absolute Gasteiger partial charge is 0.396 e. The Labute approximate surface area is 67.2 Å². The highest BCUT2D eigenvalue weighted by Crippen LogP contribution is 2.18. The Morgan fingerprint density at radius 2 is 2.45 bits per heavy atom. The number of rotatable bonds is 3. The number of likely N-dealkylation sites (tertiary alicyclic amines) is 1. The molecule has 0 saturated carbocycles. The summed E-state index contributed by atoms with van der Waals surface area (Å²) >= 11 is 0. The van der Waals surface area contributed by atoms with E-state index in [1.807, 2.05) is 0 Å². The standard InChI is InChI=1S/C8H14N2O/c9-3-5-10-4-1-8(7-10)2-6-11/h8,11H,1-2,4-7H2. The lowest BCUT2D eigenvalue weighted by atomic mass is 10.1. The van der Waals surface area contributed by atoms with Gasteiger partial charge in [-0.1, -0.05) is 0 Å². The van der Waals surface area contributed by atoms with E-state index in [1.165, 1.54) is 0 Å². The molecule has 1 saturated heterocycles. The second-order valence-corrected chi connectivity index (χ2v) is 3.06. The van der Waals surface area contributed by atoms with Crippen molar-refractivity contribution in [1.29, 1.82) is 5.26 Å². The van der Waals surface area contributed by atoms with Gasteiger partial charge in [0, 0.05) is 13.2 Å². The van der Waals surface area contributed by atoms with Crippen molar-refractivity contribution < 1.29 is 5.11 Å². The number of hydrogen-bond donors (Lipinski definition) is 1. The van der Waals surface area contributed by atoms with Crippen molar-refractivity contribution in [1.82, 2.24) is 4.90 Å². The van der Waals surface area contributed by atoms with Crippen molar-refractivity contribution in [3.8, 4) is 6.07 Å². The zero-order valence-corrected chi connectivity index (χ0v) is 6.66. The molecule has 0 aromatic heterocycles. The van der Waals surface area contributed by atoms with Gasteiger partial charge in [-0.05, 0) is 25.3 Å². The predicted molar refractivity (Wildman–Crippen MR) is 41.9 cm³/mol. The number of hydrogen-bond acceptors (Lipinski definition) is 3. The van der Waals surface area contributed by atoms with Gasteiger partial charge in [-0.25, -0.2) is 0 Å². The van der Waals surface area contributed by atoms with E-state index in [-0.39, 0.29) is 6.61 Å². The normalized spacial score (nSPS) is 25.3. The summed E-state index contributed by atoms with van der Waals surface area (Å²) in [7, 11) is 0. The summed E-state index contributed by atoms with van der Waals surface area (Å²) in [5, 5.41) is 17.1. The monoisotopic (exact) mass is 154 g/mol. The first kappa shape index (κ1) is 8.51. The highest BCUT2D eigenvalue weighted by atomic mass is 16.3. The molecule has 1 heterocycles. The van der Waals surface area contributed by atoms with Gasteiger partial charge in [-0.2, -0.15) is 5.26 Å². The first-order chi connectivity index (χ1) is 5.36. The van der Waals surface area contributed by atoms with Crippen LogP contribution in [-0.4, -0.2) is 36.2 Å². The average Bonchev–Trinajstić information content (AvgIpc) is 2.38. The van der Waals surface area contributed by atoms with Crippen molar-refractivity contribution >= 4 is 0 Å². The summed E-state index contributed by atoms with van der Waals surface area (Å²) in [5.74, 6) is 0.619. The lowest BCUT2D eigenvalue weighted by Gasteiger charge is -2.10. The van der Waals surface area contributed by atoms with E-state index >= 15 is 0 Å². The molecular weight excluding hydrogens is 140 g/mol. The third-order valence-electron chi connectivity index (χ3n) is 2.20. The van der Waals surface area contributed by atoms with Gasteiger partial charge >= 0.3 is 0 Å². The molecule has 1 aliphatic rings. The van der Waals surface area contributed by atoms with E-state index in [0.29, 0.717) is 12.5 Å². The van der Waals surface area contributed by atoms with Gasteiger partial charge in [0.2, 0.25) is 0 Å². The Morgan fingerprint density at radius 1 is 1.64 bits per heavy atom. The Kier molecular flexibility index (Phi) is 3.34. The summed E-state index contributed by atoms with van der Waals surface area (Å²) in [6.45, 7) is 2.85. The van der Waals surface area contributed by atoms with Crippen molar-refractivity contribution in [3.05, 3.63) is 0 Å². The topological polar surface area (TPSA) is 47.3 Å². The molecule has 1 N–H and O–H groups in total. The molecule has 0 radical (unpaired) electrons. The third kappa shape index (κ3) is 2.49. The maximum atomic E-state index is 8.66. The molecule has 0 bridgehead atoms. The second kappa shape index (κ2) is 4.32. The van der Waals surface area contributed by atoms with Crippen molar-refractivity contribution in [2.75, 3.05) is 26.2 Å². The number of nitrogens with zero attached hydrogens (tertiary/aromatic N) is 2. The van der Waals surface area contributed by atoms with Crippen LogP contribution in [0.25, 0.3) is 0 Å². The van der Waals surface area contributed by atoms with E-state index in [4.69, 9.17) is 10.4 Å². The predicted octanol–water partition coefficient (Wildman–Crippen LogP) is 0.214. The molecule has 1 fully saturated rings. The fourth-order valence-electron chi connectivity index (χ4n) is 1.57. The summed E-state index contributed by atoms with van der Waals surface area (Å²) in [6, 6.07) is 2.14. The van der Waals surface area contributed by atoms with Gasteiger partial charge in [-0.15, -0.1) is 0 Å². The SMILES string of the molecule is N#CCN1CCC(CCO)C1. The molecule has 0 aromatic carbocycles. The van der Waals surface area contributed by atoms with Crippen LogP contribution in [0.5, 0.6) is 0 Å². The number of nitriles is 1. The molecule has 1 atom stereocenters. The highest BCUT2D eigenvalue weighted by Gasteiger charge is 2.20. The summed E-state index contributed by atoms with van der Waals surface area (Å²) in [5.41, 5.74) is 0. The minimum atomic E-state index is 0.283. The lowest BCUT2D eigenvalue weighted by Crippen LogP contribution is -2.20. The maximum Gasteiger partial charge on any atom is 0.0866 e. The summed E-state index contributed by atoms with van der Waals surface area (Å²) in [6.07, 6.45) is 2.03. The minimum Gasteiger partial charge on any atom is -0.396 e. The number of aliphatic hydroxyl groups excluding tert-OH is 1. The fraction of sp³-hybridized carbons (Fsp3) is 0.875. The van der Waals surface area contributed by atoms with Crippen LogP contribution < -0.4 is 0 Å². The first-order valence-electron chi connectivity index (χ1n) is 4.07. The van der Waals surface area contributed by atoms with Gasteiger partial charge < -0.3 is 5.11 Å². The molecular formula is C8H14N2O. The van der Waals surface area contributed by atoms with Crippen LogP contribution in [0, 0.1) is 17.2 Å². The summed E-state index contributed by atoms with van der Waals surface area (Å²) < 4.78 is 0. The van der Waals surface area contributed by atoms with Gasteiger partial charge in [0.05, 0.1) is 12.6 Å². The van der Waals surface area contributed by atoms with E-state index in [2.05, 4.69) is 11.0 Å². The zero-order valence-electron chi connectivity index (χ0n) is 6.66. The average molecular weight is 154 g/mol. The van der Waals surface area contributed by atoms with E-state index in [9.17, 15) is 0 Å². The molecule has 62 valence electrons. The quantitative estimate of drug-likeness (QED) is 0.591. The molecule has 1 aliphatic heterocycles. The van der Waals surface area contributed by atoms with Crippen LogP contribution in [0.15, 0.2) is 0 Å². The first-order valence-corrected chi connectivity index (χ1v) is 4.07. The minimum absolute atomic E-state index is 0.283. The maximum absolute atomic E-state index is 8.66. The van der Waals surface area contributed by atoms with Crippen molar-refractivity contribution in [3.63, 3.8) is 0 Å². The third-order valence-corrected chi connectivity index (χ3v) is 2.20. The van der Waals surface area contributed by atoms with Gasteiger partial charge in [0.25, 0.3) is 0 Å². The number of aliphatic hydroxyl groups is 1. The molecule has 11 heavy (non-hydrogen) atoms. The van der Waals surface area contributed by atoms with E-state index in [1.54, 1.807) is 0 Å². The van der Waals surface area contributed by atoms with E-state index < -0.39 is 0 Å². The Morgan fingerprint density at radius 3 is 3.09 bits per heavy atom. The van der Waals surface area contributed by atoms with Crippen molar-refractivity contribution in [2.24, 2.45) is 5.92 Å². The molecule has 0 spiro atoms. The molecule has 1 unspecified atom stereocenters. The second-order valence-electron chi connectivity index (χ2n) is 3.06. The smallest absolute Gasteiger partial charge is 0.0866 e. The Balaban J connectivity index is 2.19. The van der Waals surface area contributed by atoms with Crippen LogP contribution >= 0.6 is 0 Å². The molecule has 0 amide bonds. The van der Waals surface area contributed by atoms with Crippen LogP contribution in [0.1, 0.15) is 12.8 Å². The molecule has 0 aromatic rings. The van der Waals surface area contributed by atoms with Crippen LogP contribution in [0.2, 0.25) is 0 Å². The Bertz CT molecular complexity index is 153.